The lowest BCUT2D eigenvalue weighted by Crippen LogP contribution is -2.21. The molecule has 3 rings (SSSR count). The maximum absolute atomic E-state index is 12.8. The van der Waals surface area contributed by atoms with Crippen LogP contribution in [0, 0.1) is 0 Å². The summed E-state index contributed by atoms with van der Waals surface area (Å²) in [5.41, 5.74) is -0.105. The van der Waals surface area contributed by atoms with Crippen LogP contribution in [0.25, 0.3) is 0 Å². The molecule has 4 nitrogen and oxygen atoms in total. The molecule has 1 aromatic carbocycles. The fraction of sp³-hybridized carbons (Fsp3) is 0.333. The van der Waals surface area contributed by atoms with Gasteiger partial charge in [0.25, 0.3) is 0 Å². The zero-order valence-electron chi connectivity index (χ0n) is 11.9. The average Bonchev–Trinajstić information content (AvgIpc) is 3.21. The molecule has 0 bridgehead atoms. The van der Waals surface area contributed by atoms with Gasteiger partial charge in [-0.15, -0.1) is 0 Å². The monoisotopic (exact) mass is 343 g/mol. The Morgan fingerprint density at radius 1 is 1.35 bits per heavy atom. The minimum atomic E-state index is -4.52. The van der Waals surface area contributed by atoms with Crippen LogP contribution in [0.4, 0.5) is 18.9 Å². The van der Waals surface area contributed by atoms with Gasteiger partial charge < -0.3 is 5.32 Å². The molecular weight excluding hydrogens is 331 g/mol. The number of carbonyl (C=O) groups is 1. The van der Waals surface area contributed by atoms with Crippen LogP contribution in [0.2, 0.25) is 5.02 Å². The van der Waals surface area contributed by atoms with E-state index < -0.39 is 17.8 Å². The van der Waals surface area contributed by atoms with Gasteiger partial charge in [0, 0.05) is 11.6 Å². The summed E-state index contributed by atoms with van der Waals surface area (Å²) in [7, 11) is 0. The predicted octanol–water partition coefficient (Wildman–Crippen LogP) is 4.07. The summed E-state index contributed by atoms with van der Waals surface area (Å²) < 4.78 is 39.6. The molecule has 8 heteroatoms. The van der Waals surface area contributed by atoms with Gasteiger partial charge in [-0.25, -0.2) is 0 Å². The van der Waals surface area contributed by atoms with Crippen LogP contribution >= 0.6 is 11.6 Å². The number of nitrogens with one attached hydrogen (secondary N) is 1. The maximum Gasteiger partial charge on any atom is 0.435 e. The minimum Gasteiger partial charge on any atom is -0.323 e. The largest absolute Gasteiger partial charge is 0.435 e. The zero-order valence-corrected chi connectivity index (χ0v) is 12.7. The highest BCUT2D eigenvalue weighted by Crippen LogP contribution is 2.42. The van der Waals surface area contributed by atoms with Crippen LogP contribution in [0.3, 0.4) is 0 Å². The van der Waals surface area contributed by atoms with E-state index in [0.29, 0.717) is 16.4 Å². The summed E-state index contributed by atoms with van der Waals surface area (Å²) in [6, 6.07) is 7.67. The number of benzene rings is 1. The number of alkyl halides is 3. The molecular formula is C15H13ClF3N3O. The lowest BCUT2D eigenvalue weighted by atomic mass is 10.2. The number of aromatic nitrogens is 2. The van der Waals surface area contributed by atoms with Gasteiger partial charge in [0.05, 0.1) is 10.7 Å². The van der Waals surface area contributed by atoms with E-state index >= 15 is 0 Å². The van der Waals surface area contributed by atoms with Gasteiger partial charge in [0.2, 0.25) is 5.91 Å². The normalized spacial score (nSPS) is 14.8. The fourth-order valence-corrected chi connectivity index (χ4v) is 2.48. The summed E-state index contributed by atoms with van der Waals surface area (Å²) in [6.45, 7) is -0.285. The molecule has 0 unspecified atom stereocenters. The van der Waals surface area contributed by atoms with E-state index in [0.717, 1.165) is 23.6 Å². The first-order valence-electron chi connectivity index (χ1n) is 7.04. The van der Waals surface area contributed by atoms with Gasteiger partial charge in [-0.3, -0.25) is 9.48 Å². The molecule has 1 heterocycles. The third-order valence-corrected chi connectivity index (χ3v) is 3.87. The van der Waals surface area contributed by atoms with Crippen molar-refractivity contribution in [1.82, 2.24) is 9.78 Å². The second-order valence-corrected chi connectivity index (χ2v) is 5.82. The molecule has 1 aliphatic rings. The van der Waals surface area contributed by atoms with Gasteiger partial charge in [0.15, 0.2) is 5.69 Å². The van der Waals surface area contributed by atoms with Crippen LogP contribution in [-0.2, 0) is 17.5 Å². The summed E-state index contributed by atoms with van der Waals surface area (Å²) in [6.07, 6.45) is -2.89. The Morgan fingerprint density at radius 2 is 2.04 bits per heavy atom. The SMILES string of the molecule is O=C(Cn1nc(C(F)(F)F)cc1C1CC1)Nc1ccccc1Cl. The number of hydrogen-bond acceptors (Lipinski definition) is 2. The van der Waals surface area contributed by atoms with Crippen LogP contribution < -0.4 is 5.32 Å². The van der Waals surface area contributed by atoms with E-state index in [1.165, 1.54) is 0 Å². The first-order valence-corrected chi connectivity index (χ1v) is 7.41. The molecule has 1 saturated carbocycles. The number of hydrogen-bond donors (Lipinski definition) is 1. The Kier molecular flexibility index (Phi) is 4.06. The Hall–Kier alpha value is -2.02. The standard InChI is InChI=1S/C15H13ClF3N3O/c16-10-3-1-2-4-11(10)20-14(23)8-22-12(9-5-6-9)7-13(21-22)15(17,18)19/h1-4,7,9H,5-6,8H2,(H,20,23). The number of carbonyl (C=O) groups excluding carboxylic acids is 1. The molecule has 0 atom stereocenters. The van der Waals surface area contributed by atoms with Crippen molar-refractivity contribution >= 4 is 23.2 Å². The van der Waals surface area contributed by atoms with Gasteiger partial charge in [-0.2, -0.15) is 18.3 Å². The quantitative estimate of drug-likeness (QED) is 0.909. The molecule has 1 fully saturated rings. The molecule has 0 saturated heterocycles. The predicted molar refractivity (Wildman–Crippen MR) is 79.3 cm³/mol. The van der Waals surface area contributed by atoms with Crippen molar-refractivity contribution in [2.24, 2.45) is 0 Å². The molecule has 1 aliphatic carbocycles. The maximum atomic E-state index is 12.8. The Balaban J connectivity index is 1.78. The molecule has 1 aromatic heterocycles. The molecule has 1 N–H and O–H groups in total. The Morgan fingerprint density at radius 3 is 2.65 bits per heavy atom. The van der Waals surface area contributed by atoms with Crippen molar-refractivity contribution in [2.45, 2.75) is 31.5 Å². The number of nitrogens with zero attached hydrogens (tertiary/aromatic N) is 2. The first-order chi connectivity index (χ1) is 10.8. The summed E-state index contributed by atoms with van der Waals surface area (Å²) in [5, 5.41) is 6.49. The highest BCUT2D eigenvalue weighted by molar-refractivity contribution is 6.33. The Bertz CT molecular complexity index is 738. The second kappa shape index (κ2) is 5.88. The molecule has 2 aromatic rings. The zero-order chi connectivity index (χ0) is 16.6. The summed E-state index contributed by atoms with van der Waals surface area (Å²) in [4.78, 5) is 12.1. The average molecular weight is 344 g/mol. The van der Waals surface area contributed by atoms with Crippen molar-refractivity contribution in [2.75, 3.05) is 5.32 Å². The highest BCUT2D eigenvalue weighted by Gasteiger charge is 2.38. The van der Waals surface area contributed by atoms with Crippen LogP contribution in [-0.4, -0.2) is 15.7 Å². The van der Waals surface area contributed by atoms with Crippen molar-refractivity contribution in [3.63, 3.8) is 0 Å². The number of para-hydroxylation sites is 1. The van der Waals surface area contributed by atoms with Gasteiger partial charge in [0.1, 0.15) is 6.54 Å². The summed E-state index contributed by atoms with van der Waals surface area (Å²) in [5.74, 6) is -0.427. The highest BCUT2D eigenvalue weighted by atomic mass is 35.5. The van der Waals surface area contributed by atoms with Crippen molar-refractivity contribution in [1.29, 1.82) is 0 Å². The van der Waals surface area contributed by atoms with Gasteiger partial charge >= 0.3 is 6.18 Å². The van der Waals surface area contributed by atoms with E-state index in [9.17, 15) is 18.0 Å². The van der Waals surface area contributed by atoms with E-state index in [4.69, 9.17) is 11.6 Å². The van der Waals surface area contributed by atoms with Crippen molar-refractivity contribution in [3.8, 4) is 0 Å². The molecule has 122 valence electrons. The van der Waals surface area contributed by atoms with E-state index in [-0.39, 0.29) is 12.5 Å². The lowest BCUT2D eigenvalue weighted by molar-refractivity contribution is -0.141. The van der Waals surface area contributed by atoms with E-state index in [1.54, 1.807) is 24.3 Å². The number of rotatable bonds is 4. The third-order valence-electron chi connectivity index (χ3n) is 3.54. The van der Waals surface area contributed by atoms with Gasteiger partial charge in [-0.05, 0) is 31.0 Å². The van der Waals surface area contributed by atoms with E-state index in [1.807, 2.05) is 0 Å². The first kappa shape index (κ1) is 15.9. The van der Waals surface area contributed by atoms with Crippen LogP contribution in [0.15, 0.2) is 30.3 Å². The topological polar surface area (TPSA) is 46.9 Å². The van der Waals surface area contributed by atoms with Crippen molar-refractivity contribution < 1.29 is 18.0 Å². The van der Waals surface area contributed by atoms with Crippen LogP contribution in [0.5, 0.6) is 0 Å². The molecule has 1 amide bonds. The number of amides is 1. The third kappa shape index (κ3) is 3.67. The van der Waals surface area contributed by atoms with Crippen molar-refractivity contribution in [3.05, 3.63) is 46.7 Å². The Labute approximate surface area is 135 Å². The number of anilines is 1. The number of halogens is 4. The molecule has 23 heavy (non-hydrogen) atoms. The minimum absolute atomic E-state index is 0.0479. The molecule has 0 aliphatic heterocycles. The van der Waals surface area contributed by atoms with Gasteiger partial charge in [-0.1, -0.05) is 23.7 Å². The molecule has 0 spiro atoms. The smallest absolute Gasteiger partial charge is 0.323 e. The second-order valence-electron chi connectivity index (χ2n) is 5.41. The summed E-state index contributed by atoms with van der Waals surface area (Å²) >= 11 is 5.94. The van der Waals surface area contributed by atoms with E-state index in [2.05, 4.69) is 10.4 Å². The van der Waals surface area contributed by atoms with Crippen LogP contribution in [0.1, 0.15) is 30.1 Å². The lowest BCUT2D eigenvalue weighted by Gasteiger charge is -2.09. The fourth-order valence-electron chi connectivity index (χ4n) is 2.29. The molecule has 0 radical (unpaired) electrons.